The second-order valence-electron chi connectivity index (χ2n) is 7.90. The van der Waals surface area contributed by atoms with Crippen LogP contribution in [-0.2, 0) is 0 Å². The van der Waals surface area contributed by atoms with E-state index in [0.717, 1.165) is 40.8 Å². The average molecular weight is 431 g/mol. The zero-order valence-corrected chi connectivity index (χ0v) is 18.4. The van der Waals surface area contributed by atoms with E-state index >= 15 is 0 Å². The largest absolute Gasteiger partial charge is 0.493 e. The minimum atomic E-state index is 0.515. The highest BCUT2D eigenvalue weighted by molar-refractivity contribution is 5.76. The number of fused-ring (bicyclic) bond motifs is 1. The maximum Gasteiger partial charge on any atom is 0.177 e. The highest BCUT2D eigenvalue weighted by atomic mass is 16.5. The molecule has 32 heavy (non-hydrogen) atoms. The highest BCUT2D eigenvalue weighted by Crippen LogP contribution is 2.33. The van der Waals surface area contributed by atoms with E-state index in [2.05, 4.69) is 28.3 Å². The third-order valence-electron chi connectivity index (χ3n) is 5.88. The lowest BCUT2D eigenvalue weighted by atomic mass is 10.1. The number of methoxy groups -OCH3 is 2. The zero-order valence-electron chi connectivity index (χ0n) is 18.4. The molecule has 8 heteroatoms. The Bertz CT molecular complexity index is 1250. The van der Waals surface area contributed by atoms with Crippen LogP contribution in [0.4, 0.5) is 17.3 Å². The maximum atomic E-state index is 5.44. The van der Waals surface area contributed by atoms with Crippen LogP contribution < -0.4 is 19.7 Å². The Labute approximate surface area is 186 Å². The molecule has 1 N–H and O–H groups in total. The quantitative estimate of drug-likeness (QED) is 0.481. The van der Waals surface area contributed by atoms with Crippen LogP contribution in [0.25, 0.3) is 16.9 Å². The predicted octanol–water partition coefficient (Wildman–Crippen LogP) is 4.54. The van der Waals surface area contributed by atoms with Gasteiger partial charge in [0.1, 0.15) is 11.6 Å². The van der Waals surface area contributed by atoms with E-state index in [4.69, 9.17) is 19.4 Å². The Hall–Kier alpha value is -3.81. The summed E-state index contributed by atoms with van der Waals surface area (Å²) in [7, 11) is 3.25. The van der Waals surface area contributed by atoms with Crippen molar-refractivity contribution in [1.29, 1.82) is 0 Å². The Balaban J connectivity index is 1.47. The Morgan fingerprint density at radius 2 is 1.91 bits per heavy atom. The minimum Gasteiger partial charge on any atom is -0.493 e. The van der Waals surface area contributed by atoms with E-state index < -0.39 is 0 Å². The van der Waals surface area contributed by atoms with Crippen LogP contribution >= 0.6 is 0 Å². The average Bonchev–Trinajstić information content (AvgIpc) is 3.45. The lowest BCUT2D eigenvalue weighted by Gasteiger charge is -2.23. The summed E-state index contributed by atoms with van der Waals surface area (Å²) >= 11 is 0. The molecule has 1 atom stereocenters. The second kappa shape index (κ2) is 8.37. The van der Waals surface area contributed by atoms with Crippen molar-refractivity contribution in [1.82, 2.24) is 19.6 Å². The van der Waals surface area contributed by atoms with E-state index in [9.17, 15) is 0 Å². The summed E-state index contributed by atoms with van der Waals surface area (Å²) < 4.78 is 12.5. The molecule has 0 aliphatic carbocycles. The molecular formula is C24H26N6O2. The Morgan fingerprint density at radius 1 is 1.03 bits per heavy atom. The maximum absolute atomic E-state index is 5.44. The molecule has 5 rings (SSSR count). The molecule has 1 aliphatic rings. The first kappa shape index (κ1) is 20.1. The number of nitrogens with zero attached hydrogens (tertiary/aromatic N) is 5. The molecule has 8 nitrogen and oxygen atoms in total. The summed E-state index contributed by atoms with van der Waals surface area (Å²) in [6.45, 7) is 3.30. The van der Waals surface area contributed by atoms with Gasteiger partial charge in [0.15, 0.2) is 17.1 Å². The summed E-state index contributed by atoms with van der Waals surface area (Å²) in [5.74, 6) is 3.12. The minimum absolute atomic E-state index is 0.515. The number of pyridine rings is 1. The van der Waals surface area contributed by atoms with Crippen molar-refractivity contribution in [3.05, 3.63) is 54.9 Å². The van der Waals surface area contributed by atoms with E-state index in [-0.39, 0.29) is 0 Å². The first-order chi connectivity index (χ1) is 15.7. The van der Waals surface area contributed by atoms with Crippen LogP contribution in [-0.4, -0.2) is 46.4 Å². The van der Waals surface area contributed by atoms with Gasteiger partial charge in [-0.3, -0.25) is 0 Å². The summed E-state index contributed by atoms with van der Waals surface area (Å²) in [6.07, 6.45) is 6.06. The fourth-order valence-electron chi connectivity index (χ4n) is 4.19. The molecule has 164 valence electrons. The smallest absolute Gasteiger partial charge is 0.177 e. The van der Waals surface area contributed by atoms with Crippen molar-refractivity contribution in [2.24, 2.45) is 0 Å². The number of aromatic nitrogens is 4. The van der Waals surface area contributed by atoms with Gasteiger partial charge < -0.3 is 19.7 Å². The number of benzene rings is 1. The number of hydrogen-bond donors (Lipinski definition) is 1. The van der Waals surface area contributed by atoms with E-state index in [1.165, 1.54) is 12.8 Å². The van der Waals surface area contributed by atoms with Crippen LogP contribution in [0.1, 0.15) is 19.8 Å². The van der Waals surface area contributed by atoms with Gasteiger partial charge in [-0.1, -0.05) is 6.07 Å². The number of anilines is 3. The number of nitrogens with one attached hydrogen (secondary N) is 1. The van der Waals surface area contributed by atoms with Gasteiger partial charge in [-0.05, 0) is 56.2 Å². The summed E-state index contributed by atoms with van der Waals surface area (Å²) in [5.41, 5.74) is 3.27. The normalized spacial score (nSPS) is 15.8. The molecule has 0 bridgehead atoms. The molecule has 3 aromatic heterocycles. The molecule has 0 radical (unpaired) electrons. The number of imidazole rings is 1. The van der Waals surface area contributed by atoms with Gasteiger partial charge in [-0.25, -0.2) is 14.5 Å². The first-order valence-electron chi connectivity index (χ1n) is 10.7. The van der Waals surface area contributed by atoms with Crippen molar-refractivity contribution < 1.29 is 9.47 Å². The van der Waals surface area contributed by atoms with Crippen LogP contribution in [0.5, 0.6) is 11.5 Å². The lowest BCUT2D eigenvalue weighted by Crippen LogP contribution is -2.27. The fourth-order valence-corrected chi connectivity index (χ4v) is 4.19. The van der Waals surface area contributed by atoms with Crippen molar-refractivity contribution >= 4 is 23.0 Å². The third-order valence-corrected chi connectivity index (χ3v) is 5.88. The molecule has 1 saturated heterocycles. The van der Waals surface area contributed by atoms with Crippen LogP contribution in [0.2, 0.25) is 0 Å². The van der Waals surface area contributed by atoms with Crippen molar-refractivity contribution in [3.8, 4) is 22.8 Å². The molecular weight excluding hydrogens is 404 g/mol. The van der Waals surface area contributed by atoms with Crippen LogP contribution in [0.15, 0.2) is 54.9 Å². The lowest BCUT2D eigenvalue weighted by molar-refractivity contribution is 0.355. The number of ether oxygens (including phenoxy) is 2. The zero-order chi connectivity index (χ0) is 22.1. The summed E-state index contributed by atoms with van der Waals surface area (Å²) in [6, 6.07) is 14.2. The molecule has 0 spiro atoms. The van der Waals surface area contributed by atoms with Gasteiger partial charge in [0.25, 0.3) is 0 Å². The Kier molecular flexibility index (Phi) is 5.26. The molecule has 1 aliphatic heterocycles. The molecule has 0 saturated carbocycles. The predicted molar refractivity (Wildman–Crippen MR) is 125 cm³/mol. The van der Waals surface area contributed by atoms with Crippen molar-refractivity contribution in [2.75, 3.05) is 31.0 Å². The standard InChI is InChI=1S/C24H26N6O2/c1-16-6-5-13-29(16)23-8-4-7-22(28-23)26-18-11-12-25-30-15-19(27-24(18)30)17-9-10-20(31-2)21(14-17)32-3/h4,7-12,14-16H,5-6,13H2,1-3H3,(H,26,28). The van der Waals surface area contributed by atoms with Gasteiger partial charge in [-0.2, -0.15) is 5.10 Å². The number of rotatable bonds is 6. The van der Waals surface area contributed by atoms with Crippen LogP contribution in [0.3, 0.4) is 0 Å². The van der Waals surface area contributed by atoms with E-state index in [0.29, 0.717) is 17.5 Å². The molecule has 1 unspecified atom stereocenters. The third kappa shape index (κ3) is 3.68. The van der Waals surface area contributed by atoms with E-state index in [1.807, 2.05) is 42.6 Å². The van der Waals surface area contributed by atoms with Crippen LogP contribution in [0, 0.1) is 0 Å². The molecule has 1 aromatic carbocycles. The van der Waals surface area contributed by atoms with E-state index in [1.54, 1.807) is 24.9 Å². The van der Waals surface area contributed by atoms with Gasteiger partial charge in [-0.15, -0.1) is 0 Å². The van der Waals surface area contributed by atoms with Crippen molar-refractivity contribution in [3.63, 3.8) is 0 Å². The van der Waals surface area contributed by atoms with Gasteiger partial charge in [0.2, 0.25) is 0 Å². The molecule has 0 amide bonds. The highest BCUT2D eigenvalue weighted by Gasteiger charge is 2.21. The topological polar surface area (TPSA) is 76.8 Å². The first-order valence-corrected chi connectivity index (χ1v) is 10.7. The Morgan fingerprint density at radius 3 is 2.69 bits per heavy atom. The number of hydrogen-bond acceptors (Lipinski definition) is 7. The SMILES string of the molecule is COc1ccc(-c2cn3nccc(Nc4cccc(N5CCCC5C)n4)c3n2)cc1OC. The monoisotopic (exact) mass is 430 g/mol. The summed E-state index contributed by atoms with van der Waals surface area (Å²) in [4.78, 5) is 12.0. The second-order valence-corrected chi connectivity index (χ2v) is 7.90. The molecule has 4 heterocycles. The van der Waals surface area contributed by atoms with Gasteiger partial charge in [0.05, 0.1) is 38.0 Å². The van der Waals surface area contributed by atoms with Gasteiger partial charge in [0, 0.05) is 18.2 Å². The molecule has 4 aromatic rings. The van der Waals surface area contributed by atoms with Crippen molar-refractivity contribution in [2.45, 2.75) is 25.8 Å². The fraction of sp³-hybridized carbons (Fsp3) is 0.292. The summed E-state index contributed by atoms with van der Waals surface area (Å²) in [5, 5.41) is 7.85. The molecule has 1 fully saturated rings. The van der Waals surface area contributed by atoms with Gasteiger partial charge >= 0.3 is 0 Å².